The summed E-state index contributed by atoms with van der Waals surface area (Å²) >= 11 is 0. The highest BCUT2D eigenvalue weighted by Gasteiger charge is 2.20. The smallest absolute Gasteiger partial charge is 0.160 e. The molecule has 0 aliphatic carbocycles. The van der Waals surface area contributed by atoms with Crippen molar-refractivity contribution in [2.24, 2.45) is 0 Å². The van der Waals surface area contributed by atoms with Gasteiger partial charge < -0.3 is 4.40 Å². The average Bonchev–Trinajstić information content (AvgIpc) is 3.88. The van der Waals surface area contributed by atoms with Gasteiger partial charge in [-0.1, -0.05) is 209 Å². The summed E-state index contributed by atoms with van der Waals surface area (Å²) in [6.45, 7) is 6.80. The van der Waals surface area contributed by atoms with E-state index in [2.05, 4.69) is 219 Å². The predicted octanol–water partition coefficient (Wildman–Crippen LogP) is 16.6. The number of benzene rings is 9. The molecule has 3 heterocycles. The van der Waals surface area contributed by atoms with Crippen LogP contribution in [-0.2, 0) is 5.41 Å². The van der Waals surface area contributed by atoms with E-state index < -0.39 is 0 Å². The first-order chi connectivity index (χ1) is 31.8. The number of hydrogen-bond donors (Lipinski definition) is 0. The van der Waals surface area contributed by atoms with E-state index in [1.54, 1.807) is 0 Å². The number of aromatic nitrogens is 3. The lowest BCUT2D eigenvalue weighted by Gasteiger charge is -2.19. The summed E-state index contributed by atoms with van der Waals surface area (Å²) in [5, 5.41) is 5.13. The Kier molecular flexibility index (Phi) is 9.06. The van der Waals surface area contributed by atoms with E-state index in [-0.39, 0.29) is 5.41 Å². The predicted molar refractivity (Wildman–Crippen MR) is 273 cm³/mol. The van der Waals surface area contributed by atoms with Crippen molar-refractivity contribution in [3.05, 3.63) is 224 Å². The Hall–Kier alpha value is -8.14. The van der Waals surface area contributed by atoms with E-state index in [9.17, 15) is 0 Å². The first-order valence-corrected chi connectivity index (χ1v) is 22.5. The third-order valence-electron chi connectivity index (χ3n) is 13.1. The van der Waals surface area contributed by atoms with Gasteiger partial charge in [0.1, 0.15) is 0 Å². The van der Waals surface area contributed by atoms with Gasteiger partial charge in [-0.15, -0.1) is 0 Å². The largest absolute Gasteiger partial charge is 0.308 e. The summed E-state index contributed by atoms with van der Waals surface area (Å²) in [7, 11) is 0. The van der Waals surface area contributed by atoms with Gasteiger partial charge in [0.15, 0.2) is 5.82 Å². The molecule has 65 heavy (non-hydrogen) atoms. The molecule has 0 radical (unpaired) electrons. The van der Waals surface area contributed by atoms with Crippen molar-refractivity contribution in [3.8, 4) is 78.4 Å². The van der Waals surface area contributed by atoms with Gasteiger partial charge in [0, 0.05) is 38.2 Å². The highest BCUT2D eigenvalue weighted by molar-refractivity contribution is 6.23. The van der Waals surface area contributed by atoms with E-state index in [0.29, 0.717) is 5.82 Å². The zero-order valence-electron chi connectivity index (χ0n) is 36.6. The maximum absolute atomic E-state index is 5.17. The van der Waals surface area contributed by atoms with Crippen LogP contribution in [0.5, 0.6) is 0 Å². The Balaban J connectivity index is 0.924. The van der Waals surface area contributed by atoms with Gasteiger partial charge in [-0.25, -0.2) is 9.97 Å². The fraction of sp³-hybridized carbons (Fsp3) is 0.0645. The molecule has 308 valence electrons. The Labute approximate surface area is 379 Å². The number of fused-ring (bicyclic) bond motifs is 6. The minimum absolute atomic E-state index is 0.113. The lowest BCUT2D eigenvalue weighted by atomic mass is 9.86. The van der Waals surface area contributed by atoms with Gasteiger partial charge in [-0.05, 0) is 85.8 Å². The van der Waals surface area contributed by atoms with E-state index >= 15 is 0 Å². The number of rotatable bonds is 7. The van der Waals surface area contributed by atoms with Crippen LogP contribution in [0.1, 0.15) is 26.3 Å². The van der Waals surface area contributed by atoms with Crippen LogP contribution < -0.4 is 0 Å². The van der Waals surface area contributed by atoms with Crippen molar-refractivity contribution >= 4 is 38.1 Å². The zero-order valence-corrected chi connectivity index (χ0v) is 36.6. The minimum atomic E-state index is 0.113. The normalized spacial score (nSPS) is 11.9. The highest BCUT2D eigenvalue weighted by Crippen LogP contribution is 2.42. The molecule has 0 fully saturated rings. The third kappa shape index (κ3) is 6.85. The van der Waals surface area contributed by atoms with Gasteiger partial charge in [0.2, 0.25) is 0 Å². The minimum Gasteiger partial charge on any atom is -0.308 e. The molecule has 0 bridgehead atoms. The SMILES string of the molecule is CC(C)(C)c1ccc(-c2ccc3c4cccc5c6ccc(-c7cccc(-c8cccc(-c9cc(-c%10ccc(-c%11ccccc%11)cc%10)nc(-c%10ccccc%10)n9)c8)c7)cc6n(c3c2)c45)cc1. The summed E-state index contributed by atoms with van der Waals surface area (Å²) in [6, 6.07) is 79.0. The molecule has 3 nitrogen and oxygen atoms in total. The van der Waals surface area contributed by atoms with E-state index in [1.807, 2.05) is 24.3 Å². The van der Waals surface area contributed by atoms with Crippen molar-refractivity contribution in [1.29, 1.82) is 0 Å². The first kappa shape index (κ1) is 38.5. The molecule has 0 amide bonds. The molecule has 0 unspecified atom stereocenters. The monoisotopic (exact) mass is 831 g/mol. The summed E-state index contributed by atoms with van der Waals surface area (Å²) in [4.78, 5) is 10.3. The van der Waals surface area contributed by atoms with Gasteiger partial charge in [0.25, 0.3) is 0 Å². The van der Waals surface area contributed by atoms with Crippen LogP contribution in [0.25, 0.3) is 117 Å². The first-order valence-electron chi connectivity index (χ1n) is 22.5. The topological polar surface area (TPSA) is 30.2 Å². The number of hydrogen-bond acceptors (Lipinski definition) is 2. The van der Waals surface area contributed by atoms with Crippen molar-refractivity contribution in [3.63, 3.8) is 0 Å². The Bertz CT molecular complexity index is 3710. The van der Waals surface area contributed by atoms with E-state index in [1.165, 1.54) is 77.0 Å². The summed E-state index contributed by atoms with van der Waals surface area (Å²) < 4.78 is 2.50. The van der Waals surface area contributed by atoms with E-state index in [4.69, 9.17) is 9.97 Å². The number of nitrogens with zero attached hydrogens (tertiary/aromatic N) is 3. The molecule has 0 aliphatic rings. The Morgan fingerprint density at radius 2 is 0.708 bits per heavy atom. The van der Waals surface area contributed by atoms with Crippen LogP contribution in [-0.4, -0.2) is 14.4 Å². The van der Waals surface area contributed by atoms with Gasteiger partial charge in [-0.2, -0.15) is 0 Å². The molecule has 0 N–H and O–H groups in total. The van der Waals surface area contributed by atoms with E-state index in [0.717, 1.165) is 39.2 Å². The Morgan fingerprint density at radius 1 is 0.308 bits per heavy atom. The number of para-hydroxylation sites is 1. The van der Waals surface area contributed by atoms with Crippen LogP contribution >= 0.6 is 0 Å². The van der Waals surface area contributed by atoms with Crippen LogP contribution in [0.4, 0.5) is 0 Å². The van der Waals surface area contributed by atoms with Gasteiger partial charge >= 0.3 is 0 Å². The second-order valence-electron chi connectivity index (χ2n) is 18.3. The lowest BCUT2D eigenvalue weighted by Crippen LogP contribution is -2.10. The standard InChI is InChI=1S/C62H45N3/c1-62(2,3)51-31-27-42(28-32-51)48-29-33-52-54-21-12-22-55-53-34-30-49(38-59(53)65(60(54)55)58(52)37-48)46-18-10-17-45(35-46)47-19-11-20-50(36-47)57-39-56(63-61(64-57)44-15-8-5-9-16-44)43-25-23-41(24-26-43)40-13-6-4-7-14-40/h4-39H,1-3H3. The zero-order chi connectivity index (χ0) is 43.6. The molecule has 0 saturated heterocycles. The van der Waals surface area contributed by atoms with Crippen LogP contribution in [0.3, 0.4) is 0 Å². The fourth-order valence-electron chi connectivity index (χ4n) is 9.66. The van der Waals surface area contributed by atoms with Crippen molar-refractivity contribution in [1.82, 2.24) is 14.4 Å². The average molecular weight is 832 g/mol. The molecule has 12 rings (SSSR count). The van der Waals surface area contributed by atoms with Gasteiger partial charge in [0.05, 0.1) is 27.9 Å². The fourth-order valence-corrected chi connectivity index (χ4v) is 9.66. The van der Waals surface area contributed by atoms with Crippen molar-refractivity contribution in [2.45, 2.75) is 26.2 Å². The molecule has 0 saturated carbocycles. The van der Waals surface area contributed by atoms with Crippen molar-refractivity contribution < 1.29 is 0 Å². The van der Waals surface area contributed by atoms with Crippen LogP contribution in [0.15, 0.2) is 218 Å². The molecule has 0 spiro atoms. The maximum Gasteiger partial charge on any atom is 0.160 e. The molecule has 3 heteroatoms. The summed E-state index contributed by atoms with van der Waals surface area (Å²) in [5.74, 6) is 0.704. The van der Waals surface area contributed by atoms with Crippen LogP contribution in [0, 0.1) is 0 Å². The lowest BCUT2D eigenvalue weighted by molar-refractivity contribution is 0.590. The quantitative estimate of drug-likeness (QED) is 0.160. The highest BCUT2D eigenvalue weighted by atomic mass is 14.9. The van der Waals surface area contributed by atoms with Crippen molar-refractivity contribution in [2.75, 3.05) is 0 Å². The van der Waals surface area contributed by atoms with Gasteiger partial charge in [-0.3, -0.25) is 0 Å². The summed E-state index contributed by atoms with van der Waals surface area (Å²) in [5.41, 5.74) is 19.5. The second kappa shape index (κ2) is 15.3. The molecule has 0 aliphatic heterocycles. The second-order valence-corrected chi connectivity index (χ2v) is 18.3. The summed E-state index contributed by atoms with van der Waals surface area (Å²) in [6.07, 6.45) is 0. The molecule has 3 aromatic heterocycles. The maximum atomic E-state index is 5.17. The molecule has 0 atom stereocenters. The molecular weight excluding hydrogens is 787 g/mol. The van der Waals surface area contributed by atoms with Crippen LogP contribution in [0.2, 0.25) is 0 Å². The molecule has 12 aromatic rings. The molecule has 9 aromatic carbocycles. The molecular formula is C62H45N3. The third-order valence-corrected chi connectivity index (χ3v) is 13.1. The Morgan fingerprint density at radius 3 is 1.29 bits per heavy atom.